The van der Waals surface area contributed by atoms with Crippen LogP contribution in [0, 0.1) is 5.92 Å². The number of nitrogens with one attached hydrogen (secondary N) is 1. The first-order valence-electron chi connectivity index (χ1n) is 6.21. The molecule has 2 rings (SSSR count). The lowest BCUT2D eigenvalue weighted by atomic mass is 9.97. The number of ether oxygens (including phenoxy) is 1. The van der Waals surface area contributed by atoms with Crippen molar-refractivity contribution in [2.45, 2.75) is 25.9 Å². The van der Waals surface area contributed by atoms with Gasteiger partial charge in [-0.1, -0.05) is 11.6 Å². The highest BCUT2D eigenvalue weighted by Gasteiger charge is 2.12. The molecule has 18 heavy (non-hydrogen) atoms. The Kier molecular flexibility index (Phi) is 5.63. The minimum atomic E-state index is 0.164. The van der Waals surface area contributed by atoms with Gasteiger partial charge in [-0.3, -0.25) is 0 Å². The van der Waals surface area contributed by atoms with Gasteiger partial charge in [-0.2, -0.15) is 0 Å². The molecule has 0 saturated carbocycles. The van der Waals surface area contributed by atoms with Crippen LogP contribution in [-0.4, -0.2) is 29.7 Å². The Morgan fingerprint density at radius 1 is 1.44 bits per heavy atom. The van der Waals surface area contributed by atoms with E-state index >= 15 is 0 Å². The van der Waals surface area contributed by atoms with Crippen molar-refractivity contribution in [3.8, 4) is 0 Å². The van der Waals surface area contributed by atoms with Crippen molar-refractivity contribution < 1.29 is 4.74 Å². The Labute approximate surface area is 117 Å². The van der Waals surface area contributed by atoms with Gasteiger partial charge >= 0.3 is 0 Å². The predicted octanol–water partition coefficient (Wildman–Crippen LogP) is 2.69. The third-order valence-corrected chi connectivity index (χ3v) is 3.62. The van der Waals surface area contributed by atoms with Gasteiger partial charge in [0.2, 0.25) is 5.28 Å². The number of hydrogen-bond acceptors (Lipinski definition) is 4. The van der Waals surface area contributed by atoms with Crippen molar-refractivity contribution in [2.24, 2.45) is 5.92 Å². The molecule has 1 aliphatic rings. The number of piperidine rings is 1. The molecular weight excluding hydrogens is 273 g/mol. The standard InChI is InChI=1S/C12H17Cl2N3O/c13-11-10(7-16-12(14)17-11)8-18-5-3-9-2-1-4-15-6-9/h7,9,15H,1-6,8H2. The SMILES string of the molecule is Clc1ncc(COCCC2CCCNC2)c(Cl)n1. The van der Waals surface area contributed by atoms with Crippen molar-refractivity contribution in [3.63, 3.8) is 0 Å². The molecule has 1 aliphatic heterocycles. The van der Waals surface area contributed by atoms with E-state index in [4.69, 9.17) is 27.9 Å². The molecule has 100 valence electrons. The van der Waals surface area contributed by atoms with Gasteiger partial charge < -0.3 is 10.1 Å². The summed E-state index contributed by atoms with van der Waals surface area (Å²) in [6.45, 7) is 3.44. The second-order valence-corrected chi connectivity index (χ2v) is 5.20. The van der Waals surface area contributed by atoms with E-state index in [1.807, 2.05) is 0 Å². The van der Waals surface area contributed by atoms with Gasteiger partial charge in [-0.05, 0) is 49.9 Å². The zero-order chi connectivity index (χ0) is 12.8. The van der Waals surface area contributed by atoms with E-state index in [9.17, 15) is 0 Å². The Hall–Kier alpha value is -0.420. The van der Waals surface area contributed by atoms with Crippen LogP contribution in [0.15, 0.2) is 6.20 Å². The molecular formula is C12H17Cl2N3O. The Morgan fingerprint density at radius 3 is 3.06 bits per heavy atom. The van der Waals surface area contributed by atoms with Crippen LogP contribution in [0.4, 0.5) is 0 Å². The van der Waals surface area contributed by atoms with E-state index < -0.39 is 0 Å². The lowest BCUT2D eigenvalue weighted by molar-refractivity contribution is 0.103. The largest absolute Gasteiger partial charge is 0.377 e. The second kappa shape index (κ2) is 7.24. The molecule has 1 saturated heterocycles. The monoisotopic (exact) mass is 289 g/mol. The Morgan fingerprint density at radius 2 is 2.33 bits per heavy atom. The molecule has 0 aliphatic carbocycles. The molecule has 1 aromatic rings. The summed E-state index contributed by atoms with van der Waals surface area (Å²) in [5, 5.41) is 3.93. The highest BCUT2D eigenvalue weighted by Crippen LogP contribution is 2.17. The normalized spacial score (nSPS) is 20.0. The molecule has 0 aromatic carbocycles. The number of hydrogen-bond donors (Lipinski definition) is 1. The van der Waals surface area contributed by atoms with Gasteiger partial charge in [0.15, 0.2) is 0 Å². The molecule has 1 N–H and O–H groups in total. The summed E-state index contributed by atoms with van der Waals surface area (Å²) < 4.78 is 5.61. The maximum atomic E-state index is 5.93. The molecule has 1 aromatic heterocycles. The van der Waals surface area contributed by atoms with Crippen molar-refractivity contribution in [2.75, 3.05) is 19.7 Å². The van der Waals surface area contributed by atoms with Crippen LogP contribution in [0.2, 0.25) is 10.4 Å². The first kappa shape index (κ1) is 14.0. The summed E-state index contributed by atoms with van der Waals surface area (Å²) >= 11 is 11.6. The predicted molar refractivity (Wildman–Crippen MR) is 71.9 cm³/mol. The van der Waals surface area contributed by atoms with E-state index in [0.29, 0.717) is 11.8 Å². The lowest BCUT2D eigenvalue weighted by Crippen LogP contribution is -2.30. The molecule has 0 bridgehead atoms. The minimum Gasteiger partial charge on any atom is -0.377 e. The molecule has 0 spiro atoms. The maximum absolute atomic E-state index is 5.93. The van der Waals surface area contributed by atoms with E-state index in [1.165, 1.54) is 12.8 Å². The topological polar surface area (TPSA) is 47.0 Å². The van der Waals surface area contributed by atoms with Crippen molar-refractivity contribution in [1.29, 1.82) is 0 Å². The molecule has 6 heteroatoms. The maximum Gasteiger partial charge on any atom is 0.223 e. The fourth-order valence-corrected chi connectivity index (χ4v) is 2.43. The first-order chi connectivity index (χ1) is 8.75. The molecule has 1 fully saturated rings. The zero-order valence-electron chi connectivity index (χ0n) is 10.2. The van der Waals surface area contributed by atoms with Gasteiger partial charge in [0.05, 0.1) is 6.61 Å². The third kappa shape index (κ3) is 4.35. The van der Waals surface area contributed by atoms with Crippen LogP contribution in [0.3, 0.4) is 0 Å². The van der Waals surface area contributed by atoms with Gasteiger partial charge in [-0.15, -0.1) is 0 Å². The van der Waals surface area contributed by atoms with Gasteiger partial charge in [0, 0.05) is 18.4 Å². The molecule has 0 radical (unpaired) electrons. The van der Waals surface area contributed by atoms with Gasteiger partial charge in [-0.25, -0.2) is 9.97 Å². The van der Waals surface area contributed by atoms with Crippen molar-refractivity contribution >= 4 is 23.2 Å². The second-order valence-electron chi connectivity index (χ2n) is 4.51. The highest BCUT2D eigenvalue weighted by molar-refractivity contribution is 6.32. The summed E-state index contributed by atoms with van der Waals surface area (Å²) in [5.74, 6) is 0.732. The molecule has 1 unspecified atom stereocenters. The molecule has 2 heterocycles. The summed E-state index contributed by atoms with van der Waals surface area (Å²) in [7, 11) is 0. The lowest BCUT2D eigenvalue weighted by Gasteiger charge is -2.22. The van der Waals surface area contributed by atoms with Crippen LogP contribution in [-0.2, 0) is 11.3 Å². The molecule has 0 amide bonds. The van der Waals surface area contributed by atoms with Gasteiger partial charge in [0.25, 0.3) is 0 Å². The summed E-state index contributed by atoms with van der Waals surface area (Å²) in [5.41, 5.74) is 0.780. The number of halogens is 2. The van der Waals surface area contributed by atoms with E-state index in [0.717, 1.165) is 37.6 Å². The fourth-order valence-electron chi connectivity index (χ4n) is 2.07. The molecule has 4 nitrogen and oxygen atoms in total. The third-order valence-electron chi connectivity index (χ3n) is 3.11. The average molecular weight is 290 g/mol. The smallest absolute Gasteiger partial charge is 0.223 e. The van der Waals surface area contributed by atoms with Gasteiger partial charge in [0.1, 0.15) is 5.15 Å². The van der Waals surface area contributed by atoms with Crippen molar-refractivity contribution in [3.05, 3.63) is 22.2 Å². The van der Waals surface area contributed by atoms with Crippen LogP contribution < -0.4 is 5.32 Å². The van der Waals surface area contributed by atoms with E-state index in [2.05, 4.69) is 15.3 Å². The number of aromatic nitrogens is 2. The number of nitrogens with zero attached hydrogens (tertiary/aromatic N) is 2. The van der Waals surface area contributed by atoms with E-state index in [1.54, 1.807) is 6.20 Å². The quantitative estimate of drug-likeness (QED) is 0.514. The van der Waals surface area contributed by atoms with Crippen LogP contribution in [0.5, 0.6) is 0 Å². The number of rotatable bonds is 5. The summed E-state index contributed by atoms with van der Waals surface area (Å²) in [6.07, 6.45) is 5.25. The van der Waals surface area contributed by atoms with Crippen molar-refractivity contribution in [1.82, 2.24) is 15.3 Å². The zero-order valence-corrected chi connectivity index (χ0v) is 11.7. The average Bonchev–Trinajstić information content (AvgIpc) is 2.38. The van der Waals surface area contributed by atoms with Crippen LogP contribution in [0.25, 0.3) is 0 Å². The summed E-state index contributed by atoms with van der Waals surface area (Å²) in [4.78, 5) is 7.76. The summed E-state index contributed by atoms with van der Waals surface area (Å²) in [6, 6.07) is 0. The van der Waals surface area contributed by atoms with E-state index in [-0.39, 0.29) is 5.28 Å². The Balaban J connectivity index is 1.68. The minimum absolute atomic E-state index is 0.164. The van der Waals surface area contributed by atoms with Crippen LogP contribution in [0.1, 0.15) is 24.8 Å². The fraction of sp³-hybridized carbons (Fsp3) is 0.667. The highest BCUT2D eigenvalue weighted by atomic mass is 35.5. The first-order valence-corrected chi connectivity index (χ1v) is 6.96. The Bertz CT molecular complexity index is 384. The van der Waals surface area contributed by atoms with Crippen LogP contribution >= 0.6 is 23.2 Å². The molecule has 1 atom stereocenters.